The maximum Gasteiger partial charge on any atom is 0.0420 e. The fourth-order valence-electron chi connectivity index (χ4n) is 2.59. The highest BCUT2D eigenvalue weighted by atomic mass is 14.7. The lowest BCUT2D eigenvalue weighted by atomic mass is 9.88. The average molecular weight is 185 g/mol. The molecule has 0 radical (unpaired) electrons. The molecule has 1 heterocycles. The zero-order chi connectivity index (χ0) is 9.54. The van der Waals surface area contributed by atoms with Crippen LogP contribution < -0.4 is 0 Å². The SMILES string of the molecule is CC1CC=Cc2[nH]c3c(c21)C=CCC3. The van der Waals surface area contributed by atoms with Gasteiger partial charge >= 0.3 is 0 Å². The van der Waals surface area contributed by atoms with Gasteiger partial charge in [0.1, 0.15) is 0 Å². The molecule has 0 spiro atoms. The Labute approximate surface area is 84.5 Å². The van der Waals surface area contributed by atoms with Crippen molar-refractivity contribution >= 4 is 12.2 Å². The third-order valence-electron chi connectivity index (χ3n) is 3.30. The summed E-state index contributed by atoms with van der Waals surface area (Å²) in [7, 11) is 0. The van der Waals surface area contributed by atoms with Gasteiger partial charge in [-0.1, -0.05) is 25.2 Å². The van der Waals surface area contributed by atoms with E-state index in [1.165, 1.54) is 36.2 Å². The molecule has 0 amide bonds. The van der Waals surface area contributed by atoms with Crippen molar-refractivity contribution in [3.63, 3.8) is 0 Å². The molecular weight excluding hydrogens is 170 g/mol. The molecule has 2 aliphatic carbocycles. The minimum Gasteiger partial charge on any atom is -0.358 e. The molecule has 0 aliphatic heterocycles. The molecule has 0 saturated carbocycles. The van der Waals surface area contributed by atoms with Crippen LogP contribution in [0.15, 0.2) is 12.2 Å². The third kappa shape index (κ3) is 1.02. The second-order valence-corrected chi connectivity index (χ2v) is 4.32. The molecule has 1 unspecified atom stereocenters. The van der Waals surface area contributed by atoms with Crippen molar-refractivity contribution in [2.45, 2.75) is 32.1 Å². The molecule has 1 N–H and O–H groups in total. The van der Waals surface area contributed by atoms with Gasteiger partial charge in [-0.05, 0) is 42.4 Å². The van der Waals surface area contributed by atoms with Crippen molar-refractivity contribution in [1.29, 1.82) is 0 Å². The van der Waals surface area contributed by atoms with E-state index < -0.39 is 0 Å². The van der Waals surface area contributed by atoms with Crippen molar-refractivity contribution in [3.8, 4) is 0 Å². The van der Waals surface area contributed by atoms with E-state index in [9.17, 15) is 0 Å². The summed E-state index contributed by atoms with van der Waals surface area (Å²) in [5.41, 5.74) is 5.80. The number of aromatic amines is 1. The molecule has 2 aliphatic rings. The first-order valence-corrected chi connectivity index (χ1v) is 5.44. The normalized spacial score (nSPS) is 23.4. The summed E-state index contributed by atoms with van der Waals surface area (Å²) in [5, 5.41) is 0. The van der Waals surface area contributed by atoms with E-state index in [0.717, 1.165) is 0 Å². The topological polar surface area (TPSA) is 15.8 Å². The minimum absolute atomic E-state index is 0.678. The predicted octanol–water partition coefficient (Wildman–Crippen LogP) is 3.49. The summed E-state index contributed by atoms with van der Waals surface area (Å²) >= 11 is 0. The molecule has 0 bridgehead atoms. The zero-order valence-electron chi connectivity index (χ0n) is 8.51. The summed E-state index contributed by atoms with van der Waals surface area (Å²) in [5.74, 6) is 0.678. The van der Waals surface area contributed by atoms with Gasteiger partial charge in [-0.3, -0.25) is 0 Å². The highest BCUT2D eigenvalue weighted by Crippen LogP contribution is 2.36. The molecule has 3 rings (SSSR count). The molecule has 1 aromatic rings. The van der Waals surface area contributed by atoms with Crippen LogP contribution in [0.3, 0.4) is 0 Å². The standard InChI is InChI=1S/C13H15N/c1-9-5-4-8-12-13(9)10-6-2-3-7-11(10)14-12/h2,4,6,8-9,14H,3,5,7H2,1H3. The van der Waals surface area contributed by atoms with Crippen LogP contribution in [0.5, 0.6) is 0 Å². The Hall–Kier alpha value is -1.24. The molecular formula is C13H15N. The van der Waals surface area contributed by atoms with Gasteiger partial charge in [0.15, 0.2) is 0 Å². The van der Waals surface area contributed by atoms with Gasteiger partial charge in [-0.2, -0.15) is 0 Å². The Kier molecular flexibility index (Phi) is 1.66. The number of rotatable bonds is 0. The third-order valence-corrected chi connectivity index (χ3v) is 3.30. The molecule has 1 nitrogen and oxygen atoms in total. The monoisotopic (exact) mass is 185 g/mol. The molecule has 72 valence electrons. The zero-order valence-corrected chi connectivity index (χ0v) is 8.51. The Bertz CT molecular complexity index is 421. The van der Waals surface area contributed by atoms with Gasteiger partial charge in [-0.15, -0.1) is 0 Å². The van der Waals surface area contributed by atoms with E-state index in [-0.39, 0.29) is 0 Å². The lowest BCUT2D eigenvalue weighted by molar-refractivity contribution is 0.770. The fraction of sp³-hybridized carbons (Fsp3) is 0.385. The van der Waals surface area contributed by atoms with E-state index in [1.54, 1.807) is 5.56 Å². The van der Waals surface area contributed by atoms with Crippen LogP contribution in [-0.2, 0) is 6.42 Å². The van der Waals surface area contributed by atoms with Gasteiger partial charge in [0.2, 0.25) is 0 Å². The lowest BCUT2D eigenvalue weighted by Crippen LogP contribution is -1.99. The molecule has 0 saturated heterocycles. The van der Waals surface area contributed by atoms with Gasteiger partial charge in [-0.25, -0.2) is 0 Å². The number of aryl methyl sites for hydroxylation is 1. The second-order valence-electron chi connectivity index (χ2n) is 4.32. The first-order chi connectivity index (χ1) is 6.86. The molecule has 14 heavy (non-hydrogen) atoms. The molecule has 0 aromatic carbocycles. The van der Waals surface area contributed by atoms with E-state index in [2.05, 4.69) is 36.2 Å². The van der Waals surface area contributed by atoms with E-state index in [0.29, 0.717) is 5.92 Å². The minimum atomic E-state index is 0.678. The molecule has 1 heteroatoms. The Morgan fingerprint density at radius 2 is 2.21 bits per heavy atom. The number of fused-ring (bicyclic) bond motifs is 3. The fourth-order valence-corrected chi connectivity index (χ4v) is 2.59. The average Bonchev–Trinajstić information content (AvgIpc) is 2.57. The van der Waals surface area contributed by atoms with E-state index >= 15 is 0 Å². The Morgan fingerprint density at radius 1 is 1.29 bits per heavy atom. The van der Waals surface area contributed by atoms with Gasteiger partial charge in [0, 0.05) is 11.4 Å². The van der Waals surface area contributed by atoms with Crippen molar-refractivity contribution in [2.75, 3.05) is 0 Å². The summed E-state index contributed by atoms with van der Waals surface area (Å²) in [6.45, 7) is 2.32. The van der Waals surface area contributed by atoms with E-state index in [1.807, 2.05) is 0 Å². The quantitative estimate of drug-likeness (QED) is 0.636. The number of H-pyrrole nitrogens is 1. The van der Waals surface area contributed by atoms with Gasteiger partial charge in [0.25, 0.3) is 0 Å². The van der Waals surface area contributed by atoms with Crippen LogP contribution in [0, 0.1) is 0 Å². The number of hydrogen-bond donors (Lipinski definition) is 1. The van der Waals surface area contributed by atoms with Crippen LogP contribution in [0.4, 0.5) is 0 Å². The first-order valence-electron chi connectivity index (χ1n) is 5.44. The van der Waals surface area contributed by atoms with Crippen LogP contribution in [0.1, 0.15) is 48.2 Å². The molecule has 0 fully saturated rings. The second kappa shape index (κ2) is 2.88. The van der Waals surface area contributed by atoms with Crippen molar-refractivity contribution in [3.05, 3.63) is 34.7 Å². The van der Waals surface area contributed by atoms with Crippen LogP contribution in [-0.4, -0.2) is 4.98 Å². The molecule has 1 aromatic heterocycles. The summed E-state index contributed by atoms with van der Waals surface area (Å²) < 4.78 is 0. The number of nitrogens with one attached hydrogen (secondary N) is 1. The number of hydrogen-bond acceptors (Lipinski definition) is 0. The summed E-state index contributed by atoms with van der Waals surface area (Å²) in [6, 6.07) is 0. The van der Waals surface area contributed by atoms with E-state index in [4.69, 9.17) is 0 Å². The maximum absolute atomic E-state index is 3.55. The number of allylic oxidation sites excluding steroid dienone is 2. The highest BCUT2D eigenvalue weighted by molar-refractivity contribution is 5.68. The van der Waals surface area contributed by atoms with Crippen molar-refractivity contribution in [2.24, 2.45) is 0 Å². The van der Waals surface area contributed by atoms with Crippen molar-refractivity contribution < 1.29 is 0 Å². The largest absolute Gasteiger partial charge is 0.358 e. The van der Waals surface area contributed by atoms with Crippen LogP contribution in [0.2, 0.25) is 0 Å². The van der Waals surface area contributed by atoms with Crippen LogP contribution >= 0.6 is 0 Å². The van der Waals surface area contributed by atoms with Crippen molar-refractivity contribution in [1.82, 2.24) is 4.98 Å². The molecule has 1 atom stereocenters. The smallest absolute Gasteiger partial charge is 0.0420 e. The van der Waals surface area contributed by atoms with Gasteiger partial charge in [0.05, 0.1) is 0 Å². The lowest BCUT2D eigenvalue weighted by Gasteiger charge is -2.15. The summed E-state index contributed by atoms with van der Waals surface area (Å²) in [4.78, 5) is 3.55. The summed E-state index contributed by atoms with van der Waals surface area (Å²) in [6.07, 6.45) is 12.7. The predicted molar refractivity (Wildman–Crippen MR) is 60.2 cm³/mol. The Balaban J connectivity index is 2.23. The highest BCUT2D eigenvalue weighted by Gasteiger charge is 2.21. The number of aromatic nitrogens is 1. The van der Waals surface area contributed by atoms with Crippen LogP contribution in [0.25, 0.3) is 12.2 Å². The first kappa shape index (κ1) is 8.10. The van der Waals surface area contributed by atoms with Gasteiger partial charge < -0.3 is 4.98 Å². The Morgan fingerprint density at radius 3 is 3.14 bits per heavy atom. The maximum atomic E-state index is 3.55.